The topological polar surface area (TPSA) is 105 Å². The van der Waals surface area contributed by atoms with E-state index in [1.165, 1.54) is 30.5 Å². The SMILES string of the molecule is O=C(O)c1cc(Nc2ccc([N+](=O)[O-])nc2)ccc1Cl. The number of carboxylic acid groups (broad SMARTS) is 1. The summed E-state index contributed by atoms with van der Waals surface area (Å²) in [6.07, 6.45) is 1.28. The molecule has 0 aliphatic carbocycles. The van der Waals surface area contributed by atoms with Gasteiger partial charge in [0.05, 0.1) is 16.3 Å². The number of nitro groups is 1. The molecule has 0 aliphatic rings. The van der Waals surface area contributed by atoms with E-state index in [2.05, 4.69) is 10.3 Å². The third kappa shape index (κ3) is 3.01. The minimum absolute atomic E-state index is 0.0356. The second-order valence-electron chi connectivity index (χ2n) is 3.79. The van der Waals surface area contributed by atoms with E-state index in [4.69, 9.17) is 16.7 Å². The molecule has 2 aromatic rings. The fourth-order valence-corrected chi connectivity index (χ4v) is 1.70. The largest absolute Gasteiger partial charge is 0.478 e. The van der Waals surface area contributed by atoms with Gasteiger partial charge in [-0.2, -0.15) is 0 Å². The maximum Gasteiger partial charge on any atom is 0.363 e. The normalized spacial score (nSPS) is 10.1. The number of hydrogen-bond acceptors (Lipinski definition) is 5. The molecule has 0 atom stereocenters. The van der Waals surface area contributed by atoms with Gasteiger partial charge in [-0.05, 0) is 34.2 Å². The first-order valence-electron chi connectivity index (χ1n) is 5.37. The van der Waals surface area contributed by atoms with Gasteiger partial charge in [0.1, 0.15) is 0 Å². The van der Waals surface area contributed by atoms with E-state index in [1.807, 2.05) is 0 Å². The molecule has 0 unspecified atom stereocenters. The van der Waals surface area contributed by atoms with Crippen molar-refractivity contribution in [3.63, 3.8) is 0 Å². The monoisotopic (exact) mass is 293 g/mol. The summed E-state index contributed by atoms with van der Waals surface area (Å²) in [4.78, 5) is 24.5. The molecule has 0 saturated carbocycles. The van der Waals surface area contributed by atoms with Crippen molar-refractivity contribution < 1.29 is 14.8 Å². The quantitative estimate of drug-likeness (QED) is 0.663. The van der Waals surface area contributed by atoms with Gasteiger partial charge in [-0.15, -0.1) is 0 Å². The molecular weight excluding hydrogens is 286 g/mol. The molecule has 1 aromatic carbocycles. The van der Waals surface area contributed by atoms with Gasteiger partial charge < -0.3 is 20.5 Å². The Balaban J connectivity index is 2.23. The molecule has 1 heterocycles. The molecule has 1 aromatic heterocycles. The average molecular weight is 294 g/mol. The number of anilines is 2. The third-order valence-corrected chi connectivity index (χ3v) is 2.75. The summed E-state index contributed by atoms with van der Waals surface area (Å²) in [7, 11) is 0. The molecule has 0 spiro atoms. The van der Waals surface area contributed by atoms with Crippen LogP contribution < -0.4 is 5.32 Å². The second-order valence-corrected chi connectivity index (χ2v) is 4.19. The van der Waals surface area contributed by atoms with Crippen LogP contribution in [0.1, 0.15) is 10.4 Å². The van der Waals surface area contributed by atoms with Crippen molar-refractivity contribution in [3.05, 3.63) is 57.2 Å². The summed E-state index contributed by atoms with van der Waals surface area (Å²) in [6, 6.07) is 7.13. The van der Waals surface area contributed by atoms with Crippen molar-refractivity contribution >= 4 is 34.8 Å². The van der Waals surface area contributed by atoms with Gasteiger partial charge in [0, 0.05) is 11.8 Å². The zero-order valence-corrected chi connectivity index (χ0v) is 10.7. The molecule has 102 valence electrons. The van der Waals surface area contributed by atoms with Crippen LogP contribution in [-0.2, 0) is 0 Å². The summed E-state index contributed by atoms with van der Waals surface area (Å²) < 4.78 is 0. The molecule has 20 heavy (non-hydrogen) atoms. The number of aromatic carboxylic acids is 1. The van der Waals surface area contributed by atoms with E-state index in [-0.39, 0.29) is 16.4 Å². The molecule has 0 fully saturated rings. The predicted molar refractivity (Wildman–Crippen MR) is 72.6 cm³/mol. The Labute approximate surface area is 118 Å². The van der Waals surface area contributed by atoms with Crippen LogP contribution in [0.15, 0.2) is 36.5 Å². The van der Waals surface area contributed by atoms with Crippen LogP contribution in [0.25, 0.3) is 0 Å². The fourth-order valence-electron chi connectivity index (χ4n) is 1.50. The van der Waals surface area contributed by atoms with Crippen molar-refractivity contribution in [2.75, 3.05) is 5.32 Å². The molecule has 2 rings (SSSR count). The van der Waals surface area contributed by atoms with E-state index < -0.39 is 10.9 Å². The van der Waals surface area contributed by atoms with Crippen molar-refractivity contribution in [1.82, 2.24) is 4.98 Å². The number of carboxylic acids is 1. The number of aromatic nitrogens is 1. The second kappa shape index (κ2) is 5.54. The molecule has 0 bridgehead atoms. The minimum Gasteiger partial charge on any atom is -0.478 e. The van der Waals surface area contributed by atoms with Crippen LogP contribution in [0.4, 0.5) is 17.2 Å². The van der Waals surface area contributed by atoms with Crippen molar-refractivity contribution in [2.45, 2.75) is 0 Å². The van der Waals surface area contributed by atoms with Crippen molar-refractivity contribution in [3.8, 4) is 0 Å². The van der Waals surface area contributed by atoms with Crippen LogP contribution >= 0.6 is 11.6 Å². The maximum atomic E-state index is 10.9. The number of benzene rings is 1. The smallest absolute Gasteiger partial charge is 0.363 e. The van der Waals surface area contributed by atoms with Gasteiger partial charge in [-0.3, -0.25) is 0 Å². The van der Waals surface area contributed by atoms with Gasteiger partial charge in [0.2, 0.25) is 0 Å². The molecular formula is C12H8ClN3O4. The Morgan fingerprint density at radius 1 is 1.30 bits per heavy atom. The summed E-state index contributed by atoms with van der Waals surface area (Å²) in [6.45, 7) is 0. The first-order valence-corrected chi connectivity index (χ1v) is 5.75. The summed E-state index contributed by atoms with van der Waals surface area (Å²) in [5.74, 6) is -1.40. The summed E-state index contributed by atoms with van der Waals surface area (Å²) in [5, 5.41) is 22.4. The summed E-state index contributed by atoms with van der Waals surface area (Å²) >= 11 is 5.75. The molecule has 0 radical (unpaired) electrons. The fraction of sp³-hybridized carbons (Fsp3) is 0. The number of hydrogen-bond donors (Lipinski definition) is 2. The van der Waals surface area contributed by atoms with Crippen LogP contribution in [0.3, 0.4) is 0 Å². The van der Waals surface area contributed by atoms with E-state index in [0.717, 1.165) is 0 Å². The maximum absolute atomic E-state index is 10.9. The standard InChI is InChI=1S/C12H8ClN3O4/c13-10-3-1-7(5-9(10)12(17)18)15-8-2-4-11(14-6-8)16(19)20/h1-6,15H,(H,17,18). The highest BCUT2D eigenvalue weighted by Crippen LogP contribution is 2.23. The highest BCUT2D eigenvalue weighted by atomic mass is 35.5. The lowest BCUT2D eigenvalue weighted by Crippen LogP contribution is -2.00. The molecule has 0 aliphatic heterocycles. The lowest BCUT2D eigenvalue weighted by molar-refractivity contribution is -0.389. The molecule has 0 amide bonds. The first-order chi connectivity index (χ1) is 9.47. The number of halogens is 1. The van der Waals surface area contributed by atoms with E-state index in [9.17, 15) is 14.9 Å². The number of rotatable bonds is 4. The Morgan fingerprint density at radius 3 is 2.55 bits per heavy atom. The Bertz CT molecular complexity index is 673. The van der Waals surface area contributed by atoms with Crippen molar-refractivity contribution in [1.29, 1.82) is 0 Å². The Hall–Kier alpha value is -2.67. The number of nitrogens with zero attached hydrogens (tertiary/aromatic N) is 2. The van der Waals surface area contributed by atoms with Gasteiger partial charge in [0.25, 0.3) is 0 Å². The van der Waals surface area contributed by atoms with Crippen LogP contribution in [0.5, 0.6) is 0 Å². The van der Waals surface area contributed by atoms with Crippen LogP contribution in [-0.4, -0.2) is 21.0 Å². The summed E-state index contributed by atoms with van der Waals surface area (Å²) in [5.41, 5.74) is 0.947. The number of pyridine rings is 1. The van der Waals surface area contributed by atoms with E-state index >= 15 is 0 Å². The highest BCUT2D eigenvalue weighted by Gasteiger charge is 2.10. The van der Waals surface area contributed by atoms with E-state index in [1.54, 1.807) is 6.07 Å². The highest BCUT2D eigenvalue weighted by molar-refractivity contribution is 6.33. The zero-order valence-electron chi connectivity index (χ0n) is 9.91. The first kappa shape index (κ1) is 13.8. The van der Waals surface area contributed by atoms with Crippen molar-refractivity contribution in [2.24, 2.45) is 0 Å². The minimum atomic E-state index is -1.14. The Morgan fingerprint density at radius 2 is 2.00 bits per heavy atom. The lowest BCUT2D eigenvalue weighted by atomic mass is 10.2. The van der Waals surface area contributed by atoms with Gasteiger partial charge in [-0.1, -0.05) is 11.6 Å². The Kier molecular flexibility index (Phi) is 3.81. The van der Waals surface area contributed by atoms with Gasteiger partial charge in [0.15, 0.2) is 6.20 Å². The van der Waals surface area contributed by atoms with E-state index in [0.29, 0.717) is 11.4 Å². The third-order valence-electron chi connectivity index (χ3n) is 2.42. The molecule has 7 nitrogen and oxygen atoms in total. The number of carbonyl (C=O) groups is 1. The van der Waals surface area contributed by atoms with Gasteiger partial charge >= 0.3 is 11.8 Å². The molecule has 8 heteroatoms. The molecule has 2 N–H and O–H groups in total. The average Bonchev–Trinajstić information content (AvgIpc) is 2.41. The van der Waals surface area contributed by atoms with Crippen LogP contribution in [0, 0.1) is 10.1 Å². The molecule has 0 saturated heterocycles. The van der Waals surface area contributed by atoms with Gasteiger partial charge in [-0.25, -0.2) is 4.79 Å². The predicted octanol–water partition coefficient (Wildman–Crippen LogP) is 3.09. The zero-order chi connectivity index (χ0) is 14.7. The lowest BCUT2D eigenvalue weighted by Gasteiger charge is -2.06. The van der Waals surface area contributed by atoms with Crippen LogP contribution in [0.2, 0.25) is 5.02 Å². The number of nitrogens with one attached hydrogen (secondary N) is 1.